The van der Waals surface area contributed by atoms with Gasteiger partial charge in [-0.3, -0.25) is 4.79 Å². The summed E-state index contributed by atoms with van der Waals surface area (Å²) in [5.74, 6) is 0.999. The molecule has 3 N–H and O–H groups in total. The van der Waals surface area contributed by atoms with E-state index in [1.165, 1.54) is 12.8 Å². The van der Waals surface area contributed by atoms with Crippen LogP contribution in [0, 0.1) is 5.92 Å². The maximum absolute atomic E-state index is 12.4. The molecule has 1 amide bonds. The van der Waals surface area contributed by atoms with Gasteiger partial charge in [-0.15, -0.1) is 12.4 Å². The van der Waals surface area contributed by atoms with E-state index in [1.54, 1.807) is 6.07 Å². The SMILES string of the molecule is Cl.NC(CNC(=O)c1ccccc1OCc1cccc(Br)c1)C1CC1. The van der Waals surface area contributed by atoms with Crippen LogP contribution in [0.25, 0.3) is 0 Å². The molecule has 6 heteroatoms. The molecule has 0 heterocycles. The third-order valence-corrected chi connectivity index (χ3v) is 4.63. The number of ether oxygens (including phenoxy) is 1. The van der Waals surface area contributed by atoms with Crippen LogP contribution in [0.5, 0.6) is 5.75 Å². The molecular formula is C19H22BrClN2O2. The number of rotatable bonds is 7. The van der Waals surface area contributed by atoms with E-state index in [1.807, 2.05) is 42.5 Å². The number of carbonyl (C=O) groups is 1. The summed E-state index contributed by atoms with van der Waals surface area (Å²) < 4.78 is 6.86. The monoisotopic (exact) mass is 424 g/mol. The number of nitrogens with two attached hydrogens (primary N) is 1. The van der Waals surface area contributed by atoms with E-state index < -0.39 is 0 Å². The first-order valence-electron chi connectivity index (χ1n) is 8.13. The van der Waals surface area contributed by atoms with Crippen LogP contribution in [0.3, 0.4) is 0 Å². The predicted molar refractivity (Wildman–Crippen MR) is 105 cm³/mol. The van der Waals surface area contributed by atoms with Gasteiger partial charge >= 0.3 is 0 Å². The number of halogens is 2. The fourth-order valence-electron chi connectivity index (χ4n) is 2.56. The Morgan fingerprint density at radius 2 is 2.00 bits per heavy atom. The summed E-state index contributed by atoms with van der Waals surface area (Å²) in [6.07, 6.45) is 2.34. The molecule has 1 aliphatic rings. The number of nitrogens with one attached hydrogen (secondary N) is 1. The number of benzene rings is 2. The molecule has 1 atom stereocenters. The summed E-state index contributed by atoms with van der Waals surface area (Å²) in [6, 6.07) is 15.2. The van der Waals surface area contributed by atoms with Gasteiger partial charge in [0.25, 0.3) is 5.91 Å². The first kappa shape index (κ1) is 19.8. The van der Waals surface area contributed by atoms with Crippen molar-refractivity contribution < 1.29 is 9.53 Å². The normalized spacial score (nSPS) is 14.3. The highest BCUT2D eigenvalue weighted by Crippen LogP contribution is 2.31. The molecule has 1 saturated carbocycles. The molecule has 1 fully saturated rings. The van der Waals surface area contributed by atoms with E-state index in [0.29, 0.717) is 30.4 Å². The van der Waals surface area contributed by atoms with Gasteiger partial charge in [0.2, 0.25) is 0 Å². The zero-order chi connectivity index (χ0) is 16.9. The predicted octanol–water partition coefficient (Wildman–Crippen LogP) is 3.92. The van der Waals surface area contributed by atoms with Crippen molar-refractivity contribution in [2.24, 2.45) is 11.7 Å². The van der Waals surface area contributed by atoms with E-state index in [9.17, 15) is 4.79 Å². The minimum atomic E-state index is -0.143. The second kappa shape index (κ2) is 9.22. The number of amides is 1. The third-order valence-electron chi connectivity index (χ3n) is 4.14. The Hall–Kier alpha value is -1.56. The van der Waals surface area contributed by atoms with Gasteiger partial charge in [0.1, 0.15) is 12.4 Å². The van der Waals surface area contributed by atoms with Crippen molar-refractivity contribution in [3.8, 4) is 5.75 Å². The van der Waals surface area contributed by atoms with Crippen LogP contribution in [0.1, 0.15) is 28.8 Å². The van der Waals surface area contributed by atoms with Gasteiger partial charge in [-0.25, -0.2) is 0 Å². The van der Waals surface area contributed by atoms with Gasteiger partial charge in [0.15, 0.2) is 0 Å². The van der Waals surface area contributed by atoms with Gasteiger partial charge in [0.05, 0.1) is 5.56 Å². The zero-order valence-corrected chi connectivity index (χ0v) is 16.2. The minimum Gasteiger partial charge on any atom is -0.488 e. The largest absolute Gasteiger partial charge is 0.488 e. The van der Waals surface area contributed by atoms with E-state index in [4.69, 9.17) is 10.5 Å². The highest BCUT2D eigenvalue weighted by Gasteiger charge is 2.28. The minimum absolute atomic E-state index is 0. The Kier molecular flexibility index (Phi) is 7.29. The van der Waals surface area contributed by atoms with Crippen LogP contribution in [0.4, 0.5) is 0 Å². The standard InChI is InChI=1S/C19H21BrN2O2.ClH/c20-15-5-3-4-13(10-15)12-24-18-7-2-1-6-16(18)19(23)22-11-17(21)14-8-9-14;/h1-7,10,14,17H,8-9,11-12,21H2,(H,22,23);1H. The molecule has 2 aromatic rings. The molecular weight excluding hydrogens is 404 g/mol. The number of hydrogen-bond acceptors (Lipinski definition) is 3. The zero-order valence-electron chi connectivity index (χ0n) is 13.8. The van der Waals surface area contributed by atoms with Gasteiger partial charge in [-0.1, -0.05) is 40.2 Å². The molecule has 0 aliphatic heterocycles. The Morgan fingerprint density at radius 1 is 1.24 bits per heavy atom. The molecule has 4 nitrogen and oxygen atoms in total. The summed E-state index contributed by atoms with van der Waals surface area (Å²) in [4.78, 5) is 12.4. The van der Waals surface area contributed by atoms with Crippen molar-refractivity contribution >= 4 is 34.2 Å². The number of hydrogen-bond donors (Lipinski definition) is 2. The van der Waals surface area contributed by atoms with Crippen molar-refractivity contribution in [3.05, 3.63) is 64.1 Å². The van der Waals surface area contributed by atoms with Crippen molar-refractivity contribution in [2.45, 2.75) is 25.5 Å². The number of carbonyl (C=O) groups excluding carboxylic acids is 1. The Labute approximate surface area is 162 Å². The van der Waals surface area contributed by atoms with Gasteiger partial charge in [0, 0.05) is 17.1 Å². The molecule has 1 unspecified atom stereocenters. The fraction of sp³-hybridized carbons (Fsp3) is 0.316. The van der Waals surface area contributed by atoms with E-state index in [0.717, 1.165) is 10.0 Å². The van der Waals surface area contributed by atoms with Crippen molar-refractivity contribution in [3.63, 3.8) is 0 Å². The van der Waals surface area contributed by atoms with Gasteiger partial charge in [-0.2, -0.15) is 0 Å². The van der Waals surface area contributed by atoms with E-state index in [2.05, 4.69) is 21.2 Å². The quantitative estimate of drug-likeness (QED) is 0.707. The fourth-order valence-corrected chi connectivity index (χ4v) is 3.01. The lowest BCUT2D eigenvalue weighted by Gasteiger charge is -2.14. The first-order chi connectivity index (χ1) is 11.6. The van der Waals surface area contributed by atoms with Gasteiger partial charge in [-0.05, 0) is 48.6 Å². The lowest BCUT2D eigenvalue weighted by Crippen LogP contribution is -2.38. The van der Waals surface area contributed by atoms with E-state index in [-0.39, 0.29) is 24.4 Å². The maximum atomic E-state index is 12.4. The van der Waals surface area contributed by atoms with Crippen molar-refractivity contribution in [1.29, 1.82) is 0 Å². The van der Waals surface area contributed by atoms with Crippen LogP contribution in [0.15, 0.2) is 53.0 Å². The molecule has 0 spiro atoms. The molecule has 3 rings (SSSR count). The molecule has 25 heavy (non-hydrogen) atoms. The Morgan fingerprint density at radius 3 is 2.72 bits per heavy atom. The Balaban J connectivity index is 0.00000225. The summed E-state index contributed by atoms with van der Waals surface area (Å²) in [7, 11) is 0. The highest BCUT2D eigenvalue weighted by atomic mass is 79.9. The van der Waals surface area contributed by atoms with Gasteiger partial charge < -0.3 is 15.8 Å². The Bertz CT molecular complexity index is 722. The summed E-state index contributed by atoms with van der Waals surface area (Å²) in [6.45, 7) is 0.911. The molecule has 0 saturated heterocycles. The smallest absolute Gasteiger partial charge is 0.255 e. The molecule has 0 aromatic heterocycles. The van der Waals surface area contributed by atoms with Crippen LogP contribution in [-0.2, 0) is 6.61 Å². The molecule has 0 radical (unpaired) electrons. The highest BCUT2D eigenvalue weighted by molar-refractivity contribution is 9.10. The van der Waals surface area contributed by atoms with Crippen molar-refractivity contribution in [1.82, 2.24) is 5.32 Å². The average Bonchev–Trinajstić information content (AvgIpc) is 3.43. The second-order valence-electron chi connectivity index (χ2n) is 6.13. The molecule has 134 valence electrons. The van der Waals surface area contributed by atoms with Crippen LogP contribution >= 0.6 is 28.3 Å². The van der Waals surface area contributed by atoms with Crippen molar-refractivity contribution in [2.75, 3.05) is 6.54 Å². The number of para-hydroxylation sites is 1. The van der Waals surface area contributed by atoms with Crippen LogP contribution < -0.4 is 15.8 Å². The van der Waals surface area contributed by atoms with E-state index >= 15 is 0 Å². The lowest BCUT2D eigenvalue weighted by molar-refractivity contribution is 0.0945. The molecule has 0 bridgehead atoms. The average molecular weight is 426 g/mol. The second-order valence-corrected chi connectivity index (χ2v) is 7.04. The maximum Gasteiger partial charge on any atom is 0.255 e. The molecule has 2 aromatic carbocycles. The summed E-state index contributed by atoms with van der Waals surface area (Å²) in [5.41, 5.74) is 7.62. The first-order valence-corrected chi connectivity index (χ1v) is 8.93. The topological polar surface area (TPSA) is 64.3 Å². The lowest BCUT2D eigenvalue weighted by atomic mass is 10.1. The van der Waals surface area contributed by atoms with Crippen LogP contribution in [0.2, 0.25) is 0 Å². The third kappa shape index (κ3) is 5.73. The summed E-state index contributed by atoms with van der Waals surface area (Å²) >= 11 is 3.45. The summed E-state index contributed by atoms with van der Waals surface area (Å²) in [5, 5.41) is 2.92. The van der Waals surface area contributed by atoms with Crippen LogP contribution in [-0.4, -0.2) is 18.5 Å². The molecule has 1 aliphatic carbocycles.